The Morgan fingerprint density at radius 1 is 1.33 bits per heavy atom. The second-order valence-corrected chi connectivity index (χ2v) is 2.92. The molecule has 2 rings (SSSR count). The summed E-state index contributed by atoms with van der Waals surface area (Å²) < 4.78 is 0. The van der Waals surface area contributed by atoms with Crippen LogP contribution >= 0.6 is 0 Å². The van der Waals surface area contributed by atoms with Gasteiger partial charge in [-0.2, -0.15) is 0 Å². The Morgan fingerprint density at radius 3 is 2.75 bits per heavy atom. The first-order chi connectivity index (χ1) is 5.77. The van der Waals surface area contributed by atoms with Gasteiger partial charge in [-0.25, -0.2) is 0 Å². The molecular formula is C10H11N2. The number of H-pyrrole nitrogens is 1. The van der Waals surface area contributed by atoms with Crippen LogP contribution in [0.15, 0.2) is 30.3 Å². The van der Waals surface area contributed by atoms with Gasteiger partial charge in [0.2, 0.25) is 0 Å². The number of rotatable bonds is 1. The van der Waals surface area contributed by atoms with Gasteiger partial charge in [0.25, 0.3) is 0 Å². The van der Waals surface area contributed by atoms with Crippen LogP contribution in [0.2, 0.25) is 0 Å². The monoisotopic (exact) mass is 159 g/mol. The van der Waals surface area contributed by atoms with Crippen LogP contribution in [0.5, 0.6) is 0 Å². The number of hydrogen-bond acceptors (Lipinski definition) is 1. The maximum Gasteiger partial charge on any atom is 0.0456 e. The number of fused-ring (bicyclic) bond motifs is 1. The number of hydrogen-bond donors (Lipinski definition) is 2. The fourth-order valence-electron chi connectivity index (χ4n) is 1.30. The Labute approximate surface area is 71.4 Å². The van der Waals surface area contributed by atoms with E-state index in [0.29, 0.717) is 0 Å². The molecule has 1 aromatic carbocycles. The minimum absolute atomic E-state index is 0.169. The lowest BCUT2D eigenvalue weighted by Crippen LogP contribution is -2.04. The van der Waals surface area contributed by atoms with Crippen LogP contribution in [0, 0.1) is 6.92 Å². The van der Waals surface area contributed by atoms with Gasteiger partial charge in [0, 0.05) is 17.3 Å². The minimum Gasteiger partial charge on any atom is -0.357 e. The van der Waals surface area contributed by atoms with E-state index in [1.54, 1.807) is 0 Å². The van der Waals surface area contributed by atoms with E-state index in [4.69, 9.17) is 5.73 Å². The van der Waals surface area contributed by atoms with Crippen LogP contribution in [0.3, 0.4) is 0 Å². The van der Waals surface area contributed by atoms with E-state index in [-0.39, 0.29) is 6.04 Å². The molecule has 0 bridgehead atoms. The van der Waals surface area contributed by atoms with Gasteiger partial charge in [0.05, 0.1) is 0 Å². The summed E-state index contributed by atoms with van der Waals surface area (Å²) in [7, 11) is 0. The Bertz CT molecular complexity index is 354. The molecule has 1 radical (unpaired) electrons. The highest BCUT2D eigenvalue weighted by molar-refractivity contribution is 5.80. The zero-order valence-corrected chi connectivity index (χ0v) is 6.75. The molecule has 0 fully saturated rings. The quantitative estimate of drug-likeness (QED) is 0.656. The number of aromatic amines is 1. The van der Waals surface area contributed by atoms with E-state index < -0.39 is 0 Å². The Hall–Kier alpha value is -1.28. The van der Waals surface area contributed by atoms with E-state index in [2.05, 4.69) is 18.0 Å². The minimum atomic E-state index is -0.169. The lowest BCUT2D eigenvalue weighted by Gasteiger charge is -1.98. The third-order valence-corrected chi connectivity index (χ3v) is 1.95. The van der Waals surface area contributed by atoms with Crippen molar-refractivity contribution in [3.8, 4) is 0 Å². The summed E-state index contributed by atoms with van der Waals surface area (Å²) in [4.78, 5) is 3.21. The van der Waals surface area contributed by atoms with Gasteiger partial charge in [-0.05, 0) is 24.4 Å². The summed E-state index contributed by atoms with van der Waals surface area (Å²) in [6.07, 6.45) is 0. The van der Waals surface area contributed by atoms with E-state index >= 15 is 0 Å². The summed E-state index contributed by atoms with van der Waals surface area (Å²) in [5.41, 5.74) is 7.74. The molecule has 0 saturated carbocycles. The number of nitrogens with one attached hydrogen (secondary N) is 1. The normalized spacial score (nSPS) is 13.5. The van der Waals surface area contributed by atoms with Crippen LogP contribution in [-0.4, -0.2) is 4.98 Å². The fourth-order valence-corrected chi connectivity index (χ4v) is 1.30. The molecule has 0 amide bonds. The van der Waals surface area contributed by atoms with Crippen LogP contribution in [0.4, 0.5) is 0 Å². The van der Waals surface area contributed by atoms with Crippen LogP contribution in [-0.2, 0) is 0 Å². The highest BCUT2D eigenvalue weighted by atomic mass is 14.8. The molecule has 2 aromatic rings. The highest BCUT2D eigenvalue weighted by Gasteiger charge is 2.02. The lowest BCUT2D eigenvalue weighted by atomic mass is 10.2. The third kappa shape index (κ3) is 1.10. The van der Waals surface area contributed by atoms with Gasteiger partial charge in [-0.3, -0.25) is 0 Å². The molecule has 3 N–H and O–H groups in total. The summed E-state index contributed by atoms with van der Waals surface area (Å²) >= 11 is 0. The van der Waals surface area contributed by atoms with Gasteiger partial charge < -0.3 is 10.7 Å². The first kappa shape index (κ1) is 7.37. The molecule has 12 heavy (non-hydrogen) atoms. The molecule has 0 aliphatic rings. The van der Waals surface area contributed by atoms with E-state index in [1.165, 1.54) is 5.39 Å². The number of aromatic nitrogens is 1. The molecule has 2 heteroatoms. The Balaban J connectivity index is 2.62. The van der Waals surface area contributed by atoms with E-state index in [1.807, 2.05) is 24.3 Å². The zero-order valence-electron chi connectivity index (χ0n) is 6.75. The van der Waals surface area contributed by atoms with Crippen molar-refractivity contribution in [1.82, 2.24) is 4.98 Å². The molecular weight excluding hydrogens is 148 g/mol. The van der Waals surface area contributed by atoms with Crippen molar-refractivity contribution in [2.75, 3.05) is 0 Å². The number of benzene rings is 1. The average molecular weight is 159 g/mol. The standard InChI is InChI=1S/C10H11N2/c1-7(11)10-6-8-4-2-3-5-9(8)12-10/h2-7,12H,1,11H2. The molecule has 1 heterocycles. The van der Waals surface area contributed by atoms with Crippen molar-refractivity contribution in [2.45, 2.75) is 6.04 Å². The SMILES string of the molecule is [CH2]C(N)c1cc2ccccc2[nH]1. The van der Waals surface area contributed by atoms with Crippen molar-refractivity contribution in [3.63, 3.8) is 0 Å². The average Bonchev–Trinajstić information content (AvgIpc) is 2.46. The van der Waals surface area contributed by atoms with Crippen molar-refractivity contribution < 1.29 is 0 Å². The second kappa shape index (κ2) is 2.64. The summed E-state index contributed by atoms with van der Waals surface area (Å²) in [6, 6.07) is 9.95. The maximum atomic E-state index is 5.64. The van der Waals surface area contributed by atoms with Crippen molar-refractivity contribution >= 4 is 10.9 Å². The Morgan fingerprint density at radius 2 is 2.08 bits per heavy atom. The maximum absolute atomic E-state index is 5.64. The predicted octanol–water partition coefficient (Wildman–Crippen LogP) is 2.00. The molecule has 1 unspecified atom stereocenters. The Kier molecular flexibility index (Phi) is 1.62. The first-order valence-corrected chi connectivity index (χ1v) is 3.93. The molecule has 0 aliphatic heterocycles. The zero-order chi connectivity index (χ0) is 8.55. The predicted molar refractivity (Wildman–Crippen MR) is 50.6 cm³/mol. The van der Waals surface area contributed by atoms with Gasteiger partial charge >= 0.3 is 0 Å². The molecule has 0 spiro atoms. The molecule has 61 valence electrons. The molecule has 1 atom stereocenters. The van der Waals surface area contributed by atoms with E-state index in [0.717, 1.165) is 11.2 Å². The molecule has 1 aromatic heterocycles. The van der Waals surface area contributed by atoms with Gasteiger partial charge in [-0.15, -0.1) is 0 Å². The smallest absolute Gasteiger partial charge is 0.0456 e. The molecule has 0 aliphatic carbocycles. The van der Waals surface area contributed by atoms with Crippen LogP contribution < -0.4 is 5.73 Å². The molecule has 2 nitrogen and oxygen atoms in total. The lowest BCUT2D eigenvalue weighted by molar-refractivity contribution is 0.874. The van der Waals surface area contributed by atoms with Crippen molar-refractivity contribution in [1.29, 1.82) is 0 Å². The van der Waals surface area contributed by atoms with Gasteiger partial charge in [0.15, 0.2) is 0 Å². The topological polar surface area (TPSA) is 41.8 Å². The van der Waals surface area contributed by atoms with E-state index in [9.17, 15) is 0 Å². The first-order valence-electron chi connectivity index (χ1n) is 3.93. The van der Waals surface area contributed by atoms with Crippen molar-refractivity contribution in [3.05, 3.63) is 42.9 Å². The summed E-state index contributed by atoms with van der Waals surface area (Å²) in [6.45, 7) is 3.75. The fraction of sp³-hybridized carbons (Fsp3) is 0.100. The largest absolute Gasteiger partial charge is 0.357 e. The number of para-hydroxylation sites is 1. The third-order valence-electron chi connectivity index (χ3n) is 1.95. The van der Waals surface area contributed by atoms with Crippen molar-refractivity contribution in [2.24, 2.45) is 5.73 Å². The second-order valence-electron chi connectivity index (χ2n) is 2.92. The van der Waals surface area contributed by atoms with Crippen LogP contribution in [0.25, 0.3) is 10.9 Å². The highest BCUT2D eigenvalue weighted by Crippen LogP contribution is 2.17. The van der Waals surface area contributed by atoms with Crippen LogP contribution in [0.1, 0.15) is 11.7 Å². The molecule has 0 saturated heterocycles. The summed E-state index contributed by atoms with van der Waals surface area (Å²) in [5.74, 6) is 0. The number of nitrogens with two attached hydrogens (primary N) is 1. The van der Waals surface area contributed by atoms with Gasteiger partial charge in [-0.1, -0.05) is 18.2 Å². The van der Waals surface area contributed by atoms with Gasteiger partial charge in [0.1, 0.15) is 0 Å². The summed E-state index contributed by atoms with van der Waals surface area (Å²) in [5, 5.41) is 1.19.